The molecule has 4 rings (SSSR count). The van der Waals surface area contributed by atoms with Gasteiger partial charge in [0.1, 0.15) is 0 Å². The molecule has 140 valence electrons. The fraction of sp³-hybridized carbons (Fsp3) is 0.619. The molecule has 0 atom stereocenters. The quantitative estimate of drug-likeness (QED) is 0.751. The van der Waals surface area contributed by atoms with Crippen molar-refractivity contribution in [2.45, 2.75) is 62.4 Å². The minimum atomic E-state index is -0.754. The molecule has 0 aromatic heterocycles. The van der Waals surface area contributed by atoms with Gasteiger partial charge >= 0.3 is 5.97 Å². The second kappa shape index (κ2) is 7.03. The minimum absolute atomic E-state index is 0.121. The van der Waals surface area contributed by atoms with Crippen LogP contribution in [0.3, 0.4) is 0 Å². The van der Waals surface area contributed by atoms with Gasteiger partial charge < -0.3 is 10.4 Å². The normalized spacial score (nSPS) is 26.7. The molecule has 5 heteroatoms. The third kappa shape index (κ3) is 3.50. The van der Waals surface area contributed by atoms with Crippen molar-refractivity contribution < 1.29 is 14.7 Å². The first-order chi connectivity index (χ1) is 12.6. The van der Waals surface area contributed by atoms with Crippen LogP contribution in [0.25, 0.3) is 0 Å². The number of carbonyl (C=O) groups is 2. The highest BCUT2D eigenvalue weighted by atomic mass is 16.4. The van der Waals surface area contributed by atoms with E-state index in [9.17, 15) is 9.59 Å². The summed E-state index contributed by atoms with van der Waals surface area (Å²) in [6, 6.07) is 10.6. The van der Waals surface area contributed by atoms with Crippen LogP contribution in [0.4, 0.5) is 0 Å². The van der Waals surface area contributed by atoms with Crippen LogP contribution in [0.1, 0.15) is 50.5 Å². The van der Waals surface area contributed by atoms with Crippen LogP contribution >= 0.6 is 0 Å². The van der Waals surface area contributed by atoms with Gasteiger partial charge in [0.05, 0.1) is 12.0 Å². The molecule has 0 heterocycles. The number of hydrogen-bond acceptors (Lipinski definition) is 3. The zero-order valence-electron chi connectivity index (χ0n) is 15.2. The fourth-order valence-corrected chi connectivity index (χ4v) is 4.41. The Labute approximate surface area is 154 Å². The SMILES string of the molecule is O=C(O)CN(CC1CC1)C1CC(NC(=O)C2(c3ccccc3)CCC2)C1. The van der Waals surface area contributed by atoms with Crippen molar-refractivity contribution in [1.29, 1.82) is 0 Å². The number of carboxylic acid groups (broad SMARTS) is 1. The summed E-state index contributed by atoms with van der Waals surface area (Å²) in [5.41, 5.74) is 0.780. The molecule has 3 saturated carbocycles. The van der Waals surface area contributed by atoms with E-state index in [4.69, 9.17) is 5.11 Å². The Hall–Kier alpha value is -1.88. The van der Waals surface area contributed by atoms with Crippen molar-refractivity contribution in [2.75, 3.05) is 13.1 Å². The number of amides is 1. The Morgan fingerprint density at radius 3 is 2.38 bits per heavy atom. The van der Waals surface area contributed by atoms with Gasteiger partial charge in [0.2, 0.25) is 5.91 Å². The number of rotatable bonds is 8. The zero-order chi connectivity index (χ0) is 18.1. The Bertz CT molecular complexity index is 661. The van der Waals surface area contributed by atoms with E-state index in [1.807, 2.05) is 18.2 Å². The van der Waals surface area contributed by atoms with E-state index in [2.05, 4.69) is 22.3 Å². The number of aliphatic carboxylic acids is 1. The van der Waals surface area contributed by atoms with Gasteiger partial charge in [-0.2, -0.15) is 0 Å². The fourth-order valence-electron chi connectivity index (χ4n) is 4.41. The average Bonchev–Trinajstić information content (AvgIpc) is 3.33. The maximum Gasteiger partial charge on any atom is 0.317 e. The van der Waals surface area contributed by atoms with Gasteiger partial charge in [-0.15, -0.1) is 0 Å². The summed E-state index contributed by atoms with van der Waals surface area (Å²) >= 11 is 0. The molecule has 0 saturated heterocycles. The molecule has 2 N–H and O–H groups in total. The second-order valence-electron chi connectivity index (χ2n) is 8.36. The molecule has 0 radical (unpaired) electrons. The van der Waals surface area contributed by atoms with Crippen molar-refractivity contribution in [3.63, 3.8) is 0 Å². The first-order valence-corrected chi connectivity index (χ1v) is 9.89. The van der Waals surface area contributed by atoms with Crippen molar-refractivity contribution in [1.82, 2.24) is 10.2 Å². The lowest BCUT2D eigenvalue weighted by Crippen LogP contribution is -2.59. The molecule has 3 fully saturated rings. The number of hydrogen-bond donors (Lipinski definition) is 2. The van der Waals surface area contributed by atoms with Crippen LogP contribution in [-0.4, -0.2) is 47.1 Å². The molecule has 0 unspecified atom stereocenters. The summed E-state index contributed by atoms with van der Waals surface area (Å²) < 4.78 is 0. The summed E-state index contributed by atoms with van der Waals surface area (Å²) in [5.74, 6) is 0.0836. The average molecular weight is 356 g/mol. The molecule has 1 aromatic rings. The van der Waals surface area contributed by atoms with Crippen molar-refractivity contribution in [3.8, 4) is 0 Å². The highest BCUT2D eigenvalue weighted by Crippen LogP contribution is 2.44. The van der Waals surface area contributed by atoms with E-state index in [0.717, 1.165) is 44.2 Å². The van der Waals surface area contributed by atoms with Crippen LogP contribution < -0.4 is 5.32 Å². The van der Waals surface area contributed by atoms with E-state index in [-0.39, 0.29) is 23.9 Å². The maximum atomic E-state index is 13.0. The van der Waals surface area contributed by atoms with Gasteiger partial charge in [-0.05, 0) is 50.0 Å². The molecule has 1 aromatic carbocycles. The predicted octanol–water partition coefficient (Wildman–Crippen LogP) is 2.55. The molecule has 3 aliphatic rings. The minimum Gasteiger partial charge on any atom is -0.480 e. The largest absolute Gasteiger partial charge is 0.480 e. The number of carboxylic acids is 1. The summed E-state index contributed by atoms with van der Waals surface area (Å²) in [6.45, 7) is 1.02. The summed E-state index contributed by atoms with van der Waals surface area (Å²) in [4.78, 5) is 26.2. The van der Waals surface area contributed by atoms with E-state index >= 15 is 0 Å². The van der Waals surface area contributed by atoms with Crippen LogP contribution in [-0.2, 0) is 15.0 Å². The van der Waals surface area contributed by atoms with E-state index < -0.39 is 5.97 Å². The zero-order valence-corrected chi connectivity index (χ0v) is 15.2. The molecular weight excluding hydrogens is 328 g/mol. The van der Waals surface area contributed by atoms with Crippen molar-refractivity contribution in [2.24, 2.45) is 5.92 Å². The number of nitrogens with zero attached hydrogens (tertiary/aromatic N) is 1. The first-order valence-electron chi connectivity index (χ1n) is 9.89. The Morgan fingerprint density at radius 2 is 1.85 bits per heavy atom. The molecule has 5 nitrogen and oxygen atoms in total. The number of benzene rings is 1. The van der Waals surface area contributed by atoms with Crippen molar-refractivity contribution in [3.05, 3.63) is 35.9 Å². The van der Waals surface area contributed by atoms with Crippen LogP contribution in [0.5, 0.6) is 0 Å². The van der Waals surface area contributed by atoms with Gasteiger partial charge in [0.15, 0.2) is 0 Å². The lowest BCUT2D eigenvalue weighted by Gasteiger charge is -2.46. The predicted molar refractivity (Wildman–Crippen MR) is 98.9 cm³/mol. The lowest BCUT2D eigenvalue weighted by atomic mass is 9.63. The monoisotopic (exact) mass is 356 g/mol. The van der Waals surface area contributed by atoms with E-state index in [1.54, 1.807) is 0 Å². The summed E-state index contributed by atoms with van der Waals surface area (Å²) in [5, 5.41) is 12.4. The van der Waals surface area contributed by atoms with Gasteiger partial charge in [0.25, 0.3) is 0 Å². The van der Waals surface area contributed by atoms with Gasteiger partial charge in [-0.3, -0.25) is 14.5 Å². The molecule has 26 heavy (non-hydrogen) atoms. The molecule has 0 bridgehead atoms. The second-order valence-corrected chi connectivity index (χ2v) is 8.36. The molecular formula is C21H28N2O3. The maximum absolute atomic E-state index is 13.0. The van der Waals surface area contributed by atoms with Gasteiger partial charge in [-0.1, -0.05) is 36.8 Å². The molecule has 0 spiro atoms. The van der Waals surface area contributed by atoms with Crippen LogP contribution in [0, 0.1) is 5.92 Å². The lowest BCUT2D eigenvalue weighted by molar-refractivity contribution is -0.140. The highest BCUT2D eigenvalue weighted by molar-refractivity contribution is 5.89. The molecule has 1 amide bonds. The van der Waals surface area contributed by atoms with Crippen LogP contribution in [0.2, 0.25) is 0 Å². The third-order valence-electron chi connectivity index (χ3n) is 6.46. The standard InChI is InChI=1S/C21H28N2O3/c24-19(25)14-23(13-15-7-8-15)18-11-17(12-18)22-20(26)21(9-4-10-21)16-5-2-1-3-6-16/h1-3,5-6,15,17-18H,4,7-14H2,(H,22,26)(H,24,25). The van der Waals surface area contributed by atoms with E-state index in [1.165, 1.54) is 12.8 Å². The van der Waals surface area contributed by atoms with E-state index in [0.29, 0.717) is 12.0 Å². The summed E-state index contributed by atoms with van der Waals surface area (Å²) in [7, 11) is 0. The number of carbonyl (C=O) groups excluding carboxylic acids is 1. The van der Waals surface area contributed by atoms with Crippen molar-refractivity contribution >= 4 is 11.9 Å². The highest BCUT2D eigenvalue weighted by Gasteiger charge is 2.47. The van der Waals surface area contributed by atoms with Gasteiger partial charge in [-0.25, -0.2) is 0 Å². The molecule has 0 aliphatic heterocycles. The topological polar surface area (TPSA) is 69.6 Å². The summed E-state index contributed by atoms with van der Waals surface area (Å²) in [6.07, 6.45) is 7.14. The Kier molecular flexibility index (Phi) is 4.74. The van der Waals surface area contributed by atoms with Crippen LogP contribution in [0.15, 0.2) is 30.3 Å². The first kappa shape index (κ1) is 17.5. The van der Waals surface area contributed by atoms with Gasteiger partial charge in [0, 0.05) is 18.6 Å². The third-order valence-corrected chi connectivity index (χ3v) is 6.46. The Balaban J connectivity index is 1.33. The smallest absolute Gasteiger partial charge is 0.317 e. The number of nitrogens with one attached hydrogen (secondary N) is 1. The molecule has 3 aliphatic carbocycles. The Morgan fingerprint density at radius 1 is 1.15 bits per heavy atom.